The van der Waals surface area contributed by atoms with Crippen LogP contribution in [-0.2, 0) is 30.5 Å². The van der Waals surface area contributed by atoms with Crippen molar-refractivity contribution in [1.29, 1.82) is 0 Å². The summed E-state index contributed by atoms with van der Waals surface area (Å²) >= 11 is 0. The van der Waals surface area contributed by atoms with Gasteiger partial charge in [0, 0.05) is 5.69 Å². The Bertz CT molecular complexity index is 1160. The molecule has 0 aliphatic rings. The summed E-state index contributed by atoms with van der Waals surface area (Å²) in [6.45, 7) is 0. The van der Waals surface area contributed by atoms with Crippen LogP contribution in [0.25, 0.3) is 0 Å². The fourth-order valence-corrected chi connectivity index (χ4v) is 4.42. The zero-order valence-corrected chi connectivity index (χ0v) is 15.8. The highest BCUT2D eigenvalue weighted by Gasteiger charge is 2.26. The number of nitrogen functional groups attached to an aromatic ring is 1. The predicted molar refractivity (Wildman–Crippen MR) is 91.2 cm³/mol. The number of benzene rings is 2. The van der Waals surface area contributed by atoms with E-state index in [1.165, 1.54) is 25.3 Å². The summed E-state index contributed by atoms with van der Waals surface area (Å²) in [5.41, 5.74) is 5.52. The molecule has 2 aromatic rings. The summed E-state index contributed by atoms with van der Waals surface area (Å²) in [4.78, 5) is -3.70. The minimum atomic E-state index is -5.53. The lowest BCUT2D eigenvalue weighted by molar-refractivity contribution is 0.417. The first-order valence-corrected chi connectivity index (χ1v) is 11.0. The van der Waals surface area contributed by atoms with Gasteiger partial charge in [-0.05, 0) is 36.4 Å². The van der Waals surface area contributed by atoms with Crippen molar-refractivity contribution >= 4 is 41.8 Å². The Hall–Kier alpha value is -2.45. The molecule has 0 unspecified atom stereocenters. The quantitative estimate of drug-likeness (QED) is 0.503. The van der Waals surface area contributed by atoms with Crippen molar-refractivity contribution in [3.63, 3.8) is 0 Å². The standard InChI is InChI=1S/C13H12F2N2O7S3/c1-24-13-3-2-8(16)4-12(13)17-27(22,23)11-6-9(25(14,18)19)5-10(7-11)26(15,20)21/h2-7,17H,16H2,1H3. The van der Waals surface area contributed by atoms with Gasteiger partial charge in [-0.2, -0.15) is 16.8 Å². The molecule has 0 amide bonds. The van der Waals surface area contributed by atoms with Crippen LogP contribution in [0.2, 0.25) is 0 Å². The third kappa shape index (κ3) is 4.84. The lowest BCUT2D eigenvalue weighted by Gasteiger charge is -2.13. The molecule has 0 aliphatic heterocycles. The number of hydrogen-bond donors (Lipinski definition) is 2. The van der Waals surface area contributed by atoms with Crippen molar-refractivity contribution in [1.82, 2.24) is 0 Å². The van der Waals surface area contributed by atoms with Gasteiger partial charge in [-0.1, -0.05) is 0 Å². The Morgan fingerprint density at radius 1 is 0.852 bits per heavy atom. The van der Waals surface area contributed by atoms with Gasteiger partial charge in [0.2, 0.25) is 0 Å². The maximum absolute atomic E-state index is 13.3. The molecule has 9 nitrogen and oxygen atoms in total. The fraction of sp³-hybridized carbons (Fsp3) is 0.0769. The van der Waals surface area contributed by atoms with Gasteiger partial charge in [-0.25, -0.2) is 8.42 Å². The average Bonchev–Trinajstić information content (AvgIpc) is 2.52. The lowest BCUT2D eigenvalue weighted by atomic mass is 10.2. The normalized spacial score (nSPS) is 12.6. The van der Waals surface area contributed by atoms with Crippen molar-refractivity contribution in [2.24, 2.45) is 0 Å². The van der Waals surface area contributed by atoms with Gasteiger partial charge in [-0.3, -0.25) is 4.72 Å². The lowest BCUT2D eigenvalue weighted by Crippen LogP contribution is -2.15. The maximum Gasteiger partial charge on any atom is 0.332 e. The van der Waals surface area contributed by atoms with E-state index in [0.717, 1.165) is 0 Å². The first kappa shape index (κ1) is 20.9. The van der Waals surface area contributed by atoms with Gasteiger partial charge in [0.25, 0.3) is 10.0 Å². The van der Waals surface area contributed by atoms with E-state index in [-0.39, 0.29) is 23.2 Å². The SMILES string of the molecule is COc1ccc(N)cc1NS(=O)(=O)c1cc(S(=O)(=O)F)cc(S(=O)(=O)F)c1. The topological polar surface area (TPSA) is 150 Å². The summed E-state index contributed by atoms with van der Waals surface area (Å²) in [5.74, 6) is 0.0281. The van der Waals surface area contributed by atoms with Crippen molar-refractivity contribution < 1.29 is 37.8 Å². The summed E-state index contributed by atoms with van der Waals surface area (Å²) in [6, 6.07) is 4.73. The number of halogens is 2. The molecular formula is C13H12F2N2O7S3. The van der Waals surface area contributed by atoms with Crippen LogP contribution in [0.4, 0.5) is 19.1 Å². The van der Waals surface area contributed by atoms with Gasteiger partial charge in [0.1, 0.15) is 15.5 Å². The van der Waals surface area contributed by atoms with Crippen molar-refractivity contribution in [3.05, 3.63) is 36.4 Å². The van der Waals surface area contributed by atoms with Crippen LogP contribution in [0.3, 0.4) is 0 Å². The van der Waals surface area contributed by atoms with Gasteiger partial charge >= 0.3 is 20.4 Å². The Balaban J connectivity index is 2.67. The van der Waals surface area contributed by atoms with Gasteiger partial charge < -0.3 is 10.5 Å². The molecule has 0 aliphatic carbocycles. The first-order valence-electron chi connectivity index (χ1n) is 6.75. The Morgan fingerprint density at radius 3 is 1.78 bits per heavy atom. The number of nitrogens with two attached hydrogens (primary N) is 1. The molecule has 0 aromatic heterocycles. The third-order valence-electron chi connectivity index (χ3n) is 3.19. The van der Waals surface area contributed by atoms with E-state index in [9.17, 15) is 33.0 Å². The highest BCUT2D eigenvalue weighted by Crippen LogP contribution is 2.30. The molecule has 2 rings (SSSR count). The second-order valence-electron chi connectivity index (χ2n) is 5.08. The second kappa shape index (κ2) is 6.94. The minimum Gasteiger partial charge on any atom is -0.495 e. The van der Waals surface area contributed by atoms with E-state index < -0.39 is 45.2 Å². The fourth-order valence-electron chi connectivity index (χ4n) is 1.99. The average molecular weight is 442 g/mol. The number of hydrogen-bond acceptors (Lipinski definition) is 8. The number of nitrogens with one attached hydrogen (secondary N) is 1. The molecule has 0 radical (unpaired) electrons. The molecule has 0 atom stereocenters. The second-order valence-corrected chi connectivity index (χ2v) is 9.46. The highest BCUT2D eigenvalue weighted by atomic mass is 32.3. The van der Waals surface area contributed by atoms with E-state index in [0.29, 0.717) is 12.1 Å². The number of rotatable bonds is 6. The maximum atomic E-state index is 13.3. The Kier molecular flexibility index (Phi) is 5.36. The number of methoxy groups -OCH3 is 1. The minimum absolute atomic E-state index is 0.0281. The zero-order valence-electron chi connectivity index (χ0n) is 13.4. The molecule has 27 heavy (non-hydrogen) atoms. The molecule has 0 saturated heterocycles. The van der Waals surface area contributed by atoms with Crippen LogP contribution in [0.1, 0.15) is 0 Å². The largest absolute Gasteiger partial charge is 0.495 e. The Morgan fingerprint density at radius 2 is 1.33 bits per heavy atom. The van der Waals surface area contributed by atoms with Crippen LogP contribution < -0.4 is 15.2 Å². The monoisotopic (exact) mass is 442 g/mol. The van der Waals surface area contributed by atoms with E-state index in [2.05, 4.69) is 0 Å². The number of anilines is 2. The number of ether oxygens (including phenoxy) is 1. The highest BCUT2D eigenvalue weighted by molar-refractivity contribution is 7.93. The molecule has 3 N–H and O–H groups in total. The molecule has 0 heterocycles. The number of sulfonamides is 1. The summed E-state index contributed by atoms with van der Waals surface area (Å²) in [6.07, 6.45) is 0. The van der Waals surface area contributed by atoms with E-state index in [1.807, 2.05) is 4.72 Å². The van der Waals surface area contributed by atoms with Gasteiger partial charge in [0.05, 0.1) is 17.7 Å². The summed E-state index contributed by atoms with van der Waals surface area (Å²) in [5, 5.41) is 0. The first-order chi connectivity index (χ1) is 12.2. The third-order valence-corrected chi connectivity index (χ3v) is 6.14. The van der Waals surface area contributed by atoms with E-state index >= 15 is 0 Å². The zero-order chi connectivity index (χ0) is 20.6. The van der Waals surface area contributed by atoms with Crippen LogP contribution in [0.5, 0.6) is 5.75 Å². The smallest absolute Gasteiger partial charge is 0.332 e. The molecule has 2 aromatic carbocycles. The van der Waals surface area contributed by atoms with Crippen molar-refractivity contribution in [2.45, 2.75) is 14.7 Å². The molecule has 148 valence electrons. The van der Waals surface area contributed by atoms with E-state index in [4.69, 9.17) is 10.5 Å². The summed E-state index contributed by atoms with van der Waals surface area (Å²) in [7, 11) is -14.5. The van der Waals surface area contributed by atoms with Crippen LogP contribution in [0, 0.1) is 0 Å². The van der Waals surface area contributed by atoms with Crippen LogP contribution in [-0.4, -0.2) is 32.4 Å². The Labute approximate surface area is 154 Å². The van der Waals surface area contributed by atoms with Gasteiger partial charge in [0.15, 0.2) is 0 Å². The molecule has 0 spiro atoms. The molecular weight excluding hydrogens is 430 g/mol. The molecule has 14 heteroatoms. The molecule has 0 fully saturated rings. The predicted octanol–water partition coefficient (Wildman–Crippen LogP) is 1.39. The molecule has 0 saturated carbocycles. The summed E-state index contributed by atoms with van der Waals surface area (Å²) < 4.78 is 103. The molecule has 0 bridgehead atoms. The van der Waals surface area contributed by atoms with Crippen molar-refractivity contribution in [3.8, 4) is 5.75 Å². The van der Waals surface area contributed by atoms with Crippen molar-refractivity contribution in [2.75, 3.05) is 17.6 Å². The van der Waals surface area contributed by atoms with Gasteiger partial charge in [-0.15, -0.1) is 7.77 Å². The van der Waals surface area contributed by atoms with Crippen LogP contribution in [0.15, 0.2) is 51.1 Å². The van der Waals surface area contributed by atoms with Crippen LogP contribution >= 0.6 is 0 Å². The van der Waals surface area contributed by atoms with E-state index in [1.54, 1.807) is 0 Å².